The van der Waals surface area contributed by atoms with Crippen molar-refractivity contribution >= 4 is 51.4 Å². The summed E-state index contributed by atoms with van der Waals surface area (Å²) < 4.78 is 5.72. The fourth-order valence-electron chi connectivity index (χ4n) is 2.32. The van der Waals surface area contributed by atoms with Crippen molar-refractivity contribution in [2.75, 3.05) is 4.90 Å². The lowest BCUT2D eigenvalue weighted by atomic mass is 10.1. The molecule has 0 unspecified atom stereocenters. The lowest BCUT2D eigenvalue weighted by Gasteiger charge is -2.26. The van der Waals surface area contributed by atoms with Crippen LogP contribution in [0.5, 0.6) is 0 Å². The van der Waals surface area contributed by atoms with Gasteiger partial charge in [0.15, 0.2) is 0 Å². The van der Waals surface area contributed by atoms with Gasteiger partial charge in [-0.05, 0) is 42.8 Å². The largest absolute Gasteiger partial charge is 0.433 e. The molecule has 0 bridgehead atoms. The van der Waals surface area contributed by atoms with Gasteiger partial charge >= 0.3 is 11.9 Å². The van der Waals surface area contributed by atoms with Crippen molar-refractivity contribution in [3.05, 3.63) is 61.8 Å². The van der Waals surface area contributed by atoms with Crippen LogP contribution in [0.25, 0.3) is 6.08 Å². The number of carbonyl (C=O) groups excluding carboxylic acids is 3. The maximum absolute atomic E-state index is 12.7. The zero-order valence-corrected chi connectivity index (χ0v) is 14.8. The van der Waals surface area contributed by atoms with E-state index >= 15 is 0 Å². The Balaban J connectivity index is 2.00. The Morgan fingerprint density at radius 1 is 1.23 bits per heavy atom. The number of amides is 4. The van der Waals surface area contributed by atoms with Crippen LogP contribution in [0, 0.1) is 17.0 Å². The van der Waals surface area contributed by atoms with Crippen molar-refractivity contribution in [2.45, 2.75) is 6.92 Å². The summed E-state index contributed by atoms with van der Waals surface area (Å²) in [5, 5.41) is 12.7. The van der Waals surface area contributed by atoms with Crippen LogP contribution in [0.3, 0.4) is 0 Å². The van der Waals surface area contributed by atoms with Gasteiger partial charge in [0.25, 0.3) is 11.8 Å². The van der Waals surface area contributed by atoms with Gasteiger partial charge in [-0.25, -0.2) is 9.69 Å². The van der Waals surface area contributed by atoms with Crippen molar-refractivity contribution in [1.29, 1.82) is 0 Å². The van der Waals surface area contributed by atoms with Crippen LogP contribution in [-0.4, -0.2) is 22.8 Å². The van der Waals surface area contributed by atoms with Gasteiger partial charge in [0.2, 0.25) is 0 Å². The maximum atomic E-state index is 12.7. The Kier molecular flexibility index (Phi) is 4.43. The van der Waals surface area contributed by atoms with E-state index in [9.17, 15) is 24.5 Å². The second kappa shape index (κ2) is 6.56. The summed E-state index contributed by atoms with van der Waals surface area (Å²) in [6.45, 7) is 1.78. The Labute approximate surface area is 154 Å². The van der Waals surface area contributed by atoms with Crippen molar-refractivity contribution in [3.63, 3.8) is 0 Å². The highest BCUT2D eigenvalue weighted by Gasteiger charge is 2.37. The SMILES string of the molecule is Cc1cc(N2C(=O)NC(=O)C(=Cc3ccc([N+](=O)[O-])o3)C2=O)ccc1Br. The zero-order valence-electron chi connectivity index (χ0n) is 13.2. The molecule has 9 nitrogen and oxygen atoms in total. The third kappa shape index (κ3) is 3.14. The minimum atomic E-state index is -0.913. The first-order valence-corrected chi connectivity index (χ1v) is 7.99. The van der Waals surface area contributed by atoms with Gasteiger partial charge in [0, 0.05) is 4.47 Å². The number of hydrogen-bond donors (Lipinski definition) is 1. The highest BCUT2D eigenvalue weighted by molar-refractivity contribution is 9.10. The lowest BCUT2D eigenvalue weighted by Crippen LogP contribution is -2.54. The normalized spacial score (nSPS) is 16.2. The second-order valence-corrected chi connectivity index (χ2v) is 6.18. The van der Waals surface area contributed by atoms with Crippen molar-refractivity contribution in [3.8, 4) is 0 Å². The molecule has 2 aromatic rings. The van der Waals surface area contributed by atoms with E-state index in [2.05, 4.69) is 21.2 Å². The highest BCUT2D eigenvalue weighted by Crippen LogP contribution is 2.27. The molecule has 1 fully saturated rings. The Morgan fingerprint density at radius 2 is 1.96 bits per heavy atom. The monoisotopic (exact) mass is 419 g/mol. The zero-order chi connectivity index (χ0) is 19.0. The number of furan rings is 1. The minimum Gasteiger partial charge on any atom is -0.401 e. The molecule has 10 heteroatoms. The fourth-order valence-corrected chi connectivity index (χ4v) is 2.57. The van der Waals surface area contributed by atoms with Crippen molar-refractivity contribution in [2.24, 2.45) is 0 Å². The number of nitro groups is 1. The summed E-state index contributed by atoms with van der Waals surface area (Å²) in [5.74, 6) is -2.36. The number of barbiturate groups is 1. The van der Waals surface area contributed by atoms with Crippen LogP contribution in [0.1, 0.15) is 11.3 Å². The van der Waals surface area contributed by atoms with Crippen molar-refractivity contribution in [1.82, 2.24) is 5.32 Å². The second-order valence-electron chi connectivity index (χ2n) is 5.32. The van der Waals surface area contributed by atoms with Crippen LogP contribution in [-0.2, 0) is 9.59 Å². The van der Waals surface area contributed by atoms with Crippen LogP contribution in [0.2, 0.25) is 0 Å². The molecule has 26 heavy (non-hydrogen) atoms. The van der Waals surface area contributed by atoms with Gasteiger partial charge < -0.3 is 4.42 Å². The molecule has 0 saturated carbocycles. The summed E-state index contributed by atoms with van der Waals surface area (Å²) in [5.41, 5.74) is 0.679. The predicted molar refractivity (Wildman–Crippen MR) is 93.2 cm³/mol. The van der Waals surface area contributed by atoms with Gasteiger partial charge in [0.1, 0.15) is 16.3 Å². The van der Waals surface area contributed by atoms with E-state index < -0.39 is 28.7 Å². The number of benzene rings is 1. The summed E-state index contributed by atoms with van der Waals surface area (Å²) >= 11 is 3.33. The fraction of sp³-hybridized carbons (Fsp3) is 0.0625. The number of carbonyl (C=O) groups is 3. The summed E-state index contributed by atoms with van der Waals surface area (Å²) in [4.78, 5) is 47.6. The first kappa shape index (κ1) is 17.5. The molecule has 1 aliphatic rings. The quantitative estimate of drug-likeness (QED) is 0.353. The van der Waals surface area contributed by atoms with E-state index in [1.807, 2.05) is 0 Å². The predicted octanol–water partition coefficient (Wildman–Crippen LogP) is 2.93. The number of hydrogen-bond acceptors (Lipinski definition) is 6. The van der Waals surface area contributed by atoms with E-state index in [1.165, 1.54) is 6.07 Å². The highest BCUT2D eigenvalue weighted by atomic mass is 79.9. The summed E-state index contributed by atoms with van der Waals surface area (Å²) in [7, 11) is 0. The number of halogens is 1. The van der Waals surface area contributed by atoms with E-state index in [4.69, 9.17) is 4.42 Å². The van der Waals surface area contributed by atoms with E-state index in [0.29, 0.717) is 0 Å². The number of rotatable bonds is 3. The average molecular weight is 420 g/mol. The molecule has 1 aliphatic heterocycles. The van der Waals surface area contributed by atoms with Crippen LogP contribution < -0.4 is 10.2 Å². The molecule has 4 amide bonds. The molecular weight excluding hydrogens is 410 g/mol. The molecular formula is C16H10BrN3O6. The van der Waals surface area contributed by atoms with Gasteiger partial charge in [-0.3, -0.25) is 25.0 Å². The Hall–Kier alpha value is -3.27. The number of nitrogens with one attached hydrogen (secondary N) is 1. The standard InChI is InChI=1S/C16H10BrN3O6/c1-8-6-9(2-4-12(8)17)19-15(22)11(14(21)18-16(19)23)7-10-3-5-13(26-10)20(24)25/h2-7H,1H3,(H,18,21,23). The topological polar surface area (TPSA) is 123 Å². The molecule has 0 atom stereocenters. The minimum absolute atomic E-state index is 0.0588. The molecule has 0 aliphatic carbocycles. The molecule has 1 aromatic carbocycles. The number of anilines is 1. The van der Waals surface area contributed by atoms with E-state index in [1.54, 1.807) is 25.1 Å². The third-order valence-electron chi connectivity index (χ3n) is 3.58. The Bertz CT molecular complexity index is 994. The smallest absolute Gasteiger partial charge is 0.401 e. The number of imide groups is 2. The maximum Gasteiger partial charge on any atom is 0.433 e. The molecule has 0 spiro atoms. The number of urea groups is 1. The summed E-state index contributed by atoms with van der Waals surface area (Å²) in [6.07, 6.45) is 1.05. The average Bonchev–Trinajstić information content (AvgIpc) is 3.03. The van der Waals surface area contributed by atoms with Gasteiger partial charge in [0.05, 0.1) is 11.8 Å². The summed E-state index contributed by atoms with van der Waals surface area (Å²) in [6, 6.07) is 6.27. The first-order valence-electron chi connectivity index (χ1n) is 7.20. The molecule has 1 aromatic heterocycles. The van der Waals surface area contributed by atoms with Gasteiger partial charge in [-0.1, -0.05) is 15.9 Å². The molecule has 2 heterocycles. The first-order chi connectivity index (χ1) is 12.3. The molecule has 0 radical (unpaired) electrons. The molecule has 1 saturated heterocycles. The van der Waals surface area contributed by atoms with E-state index in [0.717, 1.165) is 27.1 Å². The van der Waals surface area contributed by atoms with Crippen LogP contribution in [0.15, 0.2) is 44.8 Å². The molecule has 3 rings (SSSR count). The lowest BCUT2D eigenvalue weighted by molar-refractivity contribution is -0.402. The molecule has 1 N–H and O–H groups in total. The number of aryl methyl sites for hydroxylation is 1. The van der Waals surface area contributed by atoms with Crippen molar-refractivity contribution < 1.29 is 23.7 Å². The van der Waals surface area contributed by atoms with Gasteiger partial charge in [-0.2, -0.15) is 0 Å². The van der Waals surface area contributed by atoms with Gasteiger partial charge in [-0.15, -0.1) is 0 Å². The third-order valence-corrected chi connectivity index (χ3v) is 4.47. The number of nitrogens with zero attached hydrogens (tertiary/aromatic N) is 2. The van der Waals surface area contributed by atoms with Crippen LogP contribution >= 0.6 is 15.9 Å². The molecule has 132 valence electrons. The van der Waals surface area contributed by atoms with E-state index in [-0.39, 0.29) is 17.0 Å². The van der Waals surface area contributed by atoms with Crippen LogP contribution in [0.4, 0.5) is 16.4 Å². The Morgan fingerprint density at radius 3 is 2.58 bits per heavy atom.